The van der Waals surface area contributed by atoms with Crippen LogP contribution in [0, 0.1) is 11.3 Å². The highest BCUT2D eigenvalue weighted by Gasteiger charge is 2.43. The Kier molecular flexibility index (Phi) is 4.35. The lowest BCUT2D eigenvalue weighted by molar-refractivity contribution is 0.00936. The number of hydrogen-bond acceptors (Lipinski definition) is 4. The van der Waals surface area contributed by atoms with Gasteiger partial charge >= 0.3 is 0 Å². The van der Waals surface area contributed by atoms with Crippen LogP contribution in [0.1, 0.15) is 42.6 Å². The summed E-state index contributed by atoms with van der Waals surface area (Å²) in [4.78, 5) is 14.4. The molecular weight excluding hydrogens is 306 g/mol. The Bertz CT molecular complexity index is 588. The van der Waals surface area contributed by atoms with Crippen molar-refractivity contribution >= 4 is 5.91 Å². The molecule has 2 aliphatic heterocycles. The van der Waals surface area contributed by atoms with Crippen molar-refractivity contribution in [1.29, 1.82) is 0 Å². The van der Waals surface area contributed by atoms with Crippen LogP contribution in [0.15, 0.2) is 12.3 Å². The number of piperidine rings is 1. The maximum absolute atomic E-state index is 12.5. The fourth-order valence-electron chi connectivity index (χ4n) is 3.88. The standard InChI is InChI=1S/C18H27N3O3/c1-20-7-4-16(19-20)17(22)21-8-5-18(6-9-21)10-15(24-13-18)12-23-11-14-2-3-14/h4,7,14-15H,2-3,5-6,8-13H2,1H3. The van der Waals surface area contributed by atoms with Crippen LogP contribution in [0.3, 0.4) is 0 Å². The average Bonchev–Trinajstić information content (AvgIpc) is 3.18. The van der Waals surface area contributed by atoms with Gasteiger partial charge in [0.05, 0.1) is 19.3 Å². The van der Waals surface area contributed by atoms with Gasteiger partial charge < -0.3 is 14.4 Å². The van der Waals surface area contributed by atoms with Crippen molar-refractivity contribution < 1.29 is 14.3 Å². The van der Waals surface area contributed by atoms with E-state index >= 15 is 0 Å². The first-order valence-corrected chi connectivity index (χ1v) is 9.12. The van der Waals surface area contributed by atoms with E-state index in [-0.39, 0.29) is 17.4 Å². The molecule has 2 saturated heterocycles. The second kappa shape index (κ2) is 6.48. The lowest BCUT2D eigenvalue weighted by Crippen LogP contribution is -2.43. The molecule has 4 rings (SSSR count). The Morgan fingerprint density at radius 2 is 2.17 bits per heavy atom. The number of ether oxygens (including phenoxy) is 2. The van der Waals surface area contributed by atoms with Gasteiger partial charge in [0.15, 0.2) is 0 Å². The fourth-order valence-corrected chi connectivity index (χ4v) is 3.88. The minimum Gasteiger partial charge on any atom is -0.378 e. The van der Waals surface area contributed by atoms with Crippen molar-refractivity contribution in [3.8, 4) is 0 Å². The molecule has 6 heteroatoms. The van der Waals surface area contributed by atoms with Crippen molar-refractivity contribution in [2.24, 2.45) is 18.4 Å². The number of aryl methyl sites for hydroxylation is 1. The van der Waals surface area contributed by atoms with Gasteiger partial charge in [0.25, 0.3) is 5.91 Å². The highest BCUT2D eigenvalue weighted by Crippen LogP contribution is 2.42. The molecule has 3 fully saturated rings. The molecule has 6 nitrogen and oxygen atoms in total. The number of aromatic nitrogens is 2. The quantitative estimate of drug-likeness (QED) is 0.825. The zero-order chi connectivity index (χ0) is 16.6. The van der Waals surface area contributed by atoms with E-state index in [9.17, 15) is 4.79 Å². The molecule has 0 N–H and O–H groups in total. The van der Waals surface area contributed by atoms with Gasteiger partial charge in [0.1, 0.15) is 5.69 Å². The van der Waals surface area contributed by atoms with Crippen molar-refractivity contribution in [2.45, 2.75) is 38.2 Å². The topological polar surface area (TPSA) is 56.6 Å². The van der Waals surface area contributed by atoms with Gasteiger partial charge in [-0.05, 0) is 49.5 Å². The van der Waals surface area contributed by atoms with E-state index in [1.54, 1.807) is 10.7 Å². The summed E-state index contributed by atoms with van der Waals surface area (Å²) in [5.74, 6) is 0.856. The van der Waals surface area contributed by atoms with Gasteiger partial charge in [-0.1, -0.05) is 0 Å². The fraction of sp³-hybridized carbons (Fsp3) is 0.778. The molecule has 1 atom stereocenters. The summed E-state index contributed by atoms with van der Waals surface area (Å²) in [6, 6.07) is 1.79. The van der Waals surface area contributed by atoms with E-state index < -0.39 is 0 Å². The van der Waals surface area contributed by atoms with Gasteiger partial charge in [-0.15, -0.1) is 0 Å². The zero-order valence-corrected chi connectivity index (χ0v) is 14.4. The number of amides is 1. The smallest absolute Gasteiger partial charge is 0.274 e. The number of rotatable bonds is 5. The average molecular weight is 333 g/mol. The molecule has 0 bridgehead atoms. The molecule has 0 radical (unpaired) electrons. The first kappa shape index (κ1) is 16.1. The molecule has 1 saturated carbocycles. The largest absolute Gasteiger partial charge is 0.378 e. The monoisotopic (exact) mass is 333 g/mol. The van der Waals surface area contributed by atoms with Crippen LogP contribution in [-0.2, 0) is 16.5 Å². The van der Waals surface area contributed by atoms with Gasteiger partial charge in [0, 0.05) is 32.9 Å². The first-order chi connectivity index (χ1) is 11.6. The summed E-state index contributed by atoms with van der Waals surface area (Å²) in [7, 11) is 1.84. The molecule has 3 aliphatic rings. The molecule has 0 aromatic carbocycles. The van der Waals surface area contributed by atoms with Crippen molar-refractivity contribution in [1.82, 2.24) is 14.7 Å². The van der Waals surface area contributed by atoms with Gasteiger partial charge in [-0.2, -0.15) is 5.10 Å². The van der Waals surface area contributed by atoms with Crippen molar-refractivity contribution in [2.75, 3.05) is 32.9 Å². The molecule has 1 aromatic heterocycles. The number of likely N-dealkylation sites (tertiary alicyclic amines) is 1. The van der Waals surface area contributed by atoms with E-state index in [0.717, 1.165) is 58.1 Å². The minimum absolute atomic E-state index is 0.0497. The maximum atomic E-state index is 12.5. The molecule has 132 valence electrons. The van der Waals surface area contributed by atoms with Crippen LogP contribution in [0.4, 0.5) is 0 Å². The Labute approximate surface area is 143 Å². The van der Waals surface area contributed by atoms with Gasteiger partial charge in [-0.3, -0.25) is 9.48 Å². The molecule has 1 aliphatic carbocycles. The first-order valence-electron chi connectivity index (χ1n) is 9.12. The van der Waals surface area contributed by atoms with E-state index in [2.05, 4.69) is 5.10 Å². The Balaban J connectivity index is 1.25. The molecule has 1 aromatic rings. The Morgan fingerprint density at radius 3 is 2.83 bits per heavy atom. The normalized spacial score (nSPS) is 26.2. The van der Waals surface area contributed by atoms with E-state index in [0.29, 0.717) is 5.69 Å². The van der Waals surface area contributed by atoms with E-state index in [1.165, 1.54) is 12.8 Å². The second-order valence-corrected chi connectivity index (χ2v) is 7.78. The van der Waals surface area contributed by atoms with Crippen LogP contribution in [0.2, 0.25) is 0 Å². The van der Waals surface area contributed by atoms with Crippen molar-refractivity contribution in [3.63, 3.8) is 0 Å². The lowest BCUT2D eigenvalue weighted by atomic mass is 9.76. The molecular formula is C18H27N3O3. The lowest BCUT2D eigenvalue weighted by Gasteiger charge is -2.38. The summed E-state index contributed by atoms with van der Waals surface area (Å²) in [6.07, 6.45) is 7.82. The van der Waals surface area contributed by atoms with E-state index in [1.807, 2.05) is 18.1 Å². The van der Waals surface area contributed by atoms with Crippen LogP contribution in [-0.4, -0.2) is 59.6 Å². The summed E-state index contributed by atoms with van der Waals surface area (Å²) in [5.41, 5.74) is 0.789. The van der Waals surface area contributed by atoms with Crippen LogP contribution in [0.5, 0.6) is 0 Å². The Morgan fingerprint density at radius 1 is 1.38 bits per heavy atom. The maximum Gasteiger partial charge on any atom is 0.274 e. The van der Waals surface area contributed by atoms with E-state index in [4.69, 9.17) is 9.47 Å². The van der Waals surface area contributed by atoms with Crippen LogP contribution in [0.25, 0.3) is 0 Å². The van der Waals surface area contributed by atoms with Gasteiger partial charge in [-0.25, -0.2) is 0 Å². The third-order valence-electron chi connectivity index (χ3n) is 5.68. The predicted molar refractivity (Wildman–Crippen MR) is 88.7 cm³/mol. The van der Waals surface area contributed by atoms with Crippen molar-refractivity contribution in [3.05, 3.63) is 18.0 Å². The molecule has 1 unspecified atom stereocenters. The molecule has 1 spiro atoms. The summed E-state index contributed by atoms with van der Waals surface area (Å²) in [5, 5.41) is 4.22. The summed E-state index contributed by atoms with van der Waals surface area (Å²) >= 11 is 0. The van der Waals surface area contributed by atoms with Crippen LogP contribution >= 0.6 is 0 Å². The zero-order valence-electron chi connectivity index (χ0n) is 14.4. The predicted octanol–water partition coefficient (Wildman–Crippen LogP) is 1.86. The molecule has 1 amide bonds. The number of carbonyl (C=O) groups is 1. The highest BCUT2D eigenvalue weighted by atomic mass is 16.5. The summed E-state index contributed by atoms with van der Waals surface area (Å²) < 4.78 is 13.5. The minimum atomic E-state index is 0.0497. The third kappa shape index (κ3) is 3.49. The third-order valence-corrected chi connectivity index (χ3v) is 5.68. The van der Waals surface area contributed by atoms with Gasteiger partial charge in [0.2, 0.25) is 0 Å². The molecule has 3 heterocycles. The highest BCUT2D eigenvalue weighted by molar-refractivity contribution is 5.92. The van der Waals surface area contributed by atoms with Crippen LogP contribution < -0.4 is 0 Å². The SMILES string of the molecule is Cn1ccc(C(=O)N2CCC3(CC2)COC(COCC2CC2)C3)n1. The molecule has 24 heavy (non-hydrogen) atoms. The summed E-state index contributed by atoms with van der Waals surface area (Å²) in [6.45, 7) is 4.05. The number of hydrogen-bond donors (Lipinski definition) is 0. The number of nitrogens with zero attached hydrogens (tertiary/aromatic N) is 3. The Hall–Kier alpha value is -1.40. The second-order valence-electron chi connectivity index (χ2n) is 7.78. The number of carbonyl (C=O) groups excluding carboxylic acids is 1.